The van der Waals surface area contributed by atoms with Crippen molar-refractivity contribution in [2.45, 2.75) is 26.8 Å². The van der Waals surface area contributed by atoms with Crippen molar-refractivity contribution in [2.75, 3.05) is 14.2 Å². The number of hydrogen-bond acceptors (Lipinski definition) is 4. The molecule has 3 aromatic rings. The lowest BCUT2D eigenvalue weighted by molar-refractivity contribution is 0.354. The molecule has 0 saturated heterocycles. The molecule has 0 atom stereocenters. The minimum atomic E-state index is -0.182. The summed E-state index contributed by atoms with van der Waals surface area (Å²) in [6.45, 7) is 4.57. The van der Waals surface area contributed by atoms with E-state index in [4.69, 9.17) is 9.47 Å². The first-order valence-corrected chi connectivity index (χ1v) is 8.89. The number of ether oxygens (including phenoxy) is 2. The van der Waals surface area contributed by atoms with Crippen LogP contribution in [0.4, 0.5) is 0 Å². The highest BCUT2D eigenvalue weighted by molar-refractivity contribution is 5.64. The zero-order chi connectivity index (χ0) is 19.4. The molecule has 0 aliphatic carbocycles. The summed E-state index contributed by atoms with van der Waals surface area (Å²) in [5.41, 5.74) is 3.44. The molecule has 0 aliphatic rings. The number of rotatable bonds is 6. The summed E-state index contributed by atoms with van der Waals surface area (Å²) < 4.78 is 12.8. The van der Waals surface area contributed by atoms with Crippen LogP contribution >= 0.6 is 0 Å². The largest absolute Gasteiger partial charge is 0.493 e. The number of hydrogen-bond donors (Lipinski definition) is 0. The molecule has 5 nitrogen and oxygen atoms in total. The van der Waals surface area contributed by atoms with E-state index >= 15 is 0 Å². The molecular weight excluding hydrogens is 340 g/mol. The van der Waals surface area contributed by atoms with Gasteiger partial charge in [0.25, 0.3) is 5.56 Å². The second-order valence-electron chi connectivity index (χ2n) is 6.38. The highest BCUT2D eigenvalue weighted by Crippen LogP contribution is 2.28. The summed E-state index contributed by atoms with van der Waals surface area (Å²) in [5, 5.41) is 0. The summed E-state index contributed by atoms with van der Waals surface area (Å²) >= 11 is 0. The first kappa shape index (κ1) is 18.7. The van der Waals surface area contributed by atoms with Gasteiger partial charge in [-0.3, -0.25) is 4.79 Å². The van der Waals surface area contributed by atoms with Crippen molar-refractivity contribution in [1.29, 1.82) is 0 Å². The van der Waals surface area contributed by atoms with Gasteiger partial charge in [0.05, 0.1) is 19.8 Å². The van der Waals surface area contributed by atoms with E-state index < -0.39 is 0 Å². The third-order valence-corrected chi connectivity index (χ3v) is 4.77. The molecule has 1 aromatic heterocycles. The second-order valence-corrected chi connectivity index (χ2v) is 6.38. The van der Waals surface area contributed by atoms with Crippen molar-refractivity contribution in [3.8, 4) is 22.6 Å². The van der Waals surface area contributed by atoms with Crippen LogP contribution in [0.15, 0.2) is 53.3 Å². The molecule has 0 spiro atoms. The number of benzene rings is 2. The van der Waals surface area contributed by atoms with Crippen molar-refractivity contribution in [2.24, 2.45) is 0 Å². The van der Waals surface area contributed by atoms with E-state index in [0.29, 0.717) is 17.1 Å². The lowest BCUT2D eigenvalue weighted by Crippen LogP contribution is -2.21. The molecule has 5 heteroatoms. The fraction of sp³-hybridized carbons (Fsp3) is 0.273. The van der Waals surface area contributed by atoms with Crippen LogP contribution in [0.25, 0.3) is 11.1 Å². The molecule has 0 aliphatic heterocycles. The van der Waals surface area contributed by atoms with E-state index in [1.165, 1.54) is 0 Å². The number of nitrogens with zero attached hydrogens (tertiary/aromatic N) is 2. The zero-order valence-corrected chi connectivity index (χ0v) is 16.2. The first-order valence-electron chi connectivity index (χ1n) is 8.89. The van der Waals surface area contributed by atoms with Gasteiger partial charge in [0.1, 0.15) is 5.82 Å². The topological polar surface area (TPSA) is 53.4 Å². The molecule has 140 valence electrons. The predicted molar refractivity (Wildman–Crippen MR) is 107 cm³/mol. The number of methoxy groups -OCH3 is 2. The van der Waals surface area contributed by atoms with Crippen molar-refractivity contribution in [1.82, 2.24) is 9.55 Å². The molecule has 27 heavy (non-hydrogen) atoms. The smallest absolute Gasteiger partial charge is 0.281 e. The Kier molecular flexibility index (Phi) is 5.60. The first-order chi connectivity index (χ1) is 13.0. The molecule has 1 heterocycles. The van der Waals surface area contributed by atoms with Crippen LogP contribution in [-0.4, -0.2) is 23.8 Å². The van der Waals surface area contributed by atoms with Crippen LogP contribution in [0.5, 0.6) is 11.5 Å². The standard InChI is InChI=1S/C22H24N2O3/c1-15-21(18-8-6-5-7-9-18)22(25)23-16(2)24(15)13-12-17-10-11-19(26-3)20(14-17)27-4/h5-11,14H,12-13H2,1-4H3. The maximum absolute atomic E-state index is 12.5. The molecule has 2 aromatic carbocycles. The lowest BCUT2D eigenvalue weighted by Gasteiger charge is -2.17. The van der Waals surface area contributed by atoms with E-state index in [2.05, 4.69) is 9.55 Å². The van der Waals surface area contributed by atoms with E-state index in [-0.39, 0.29) is 5.56 Å². The average molecular weight is 364 g/mol. The molecule has 0 N–H and O–H groups in total. The van der Waals surface area contributed by atoms with Gasteiger partial charge in [-0.1, -0.05) is 36.4 Å². The van der Waals surface area contributed by atoms with E-state index in [0.717, 1.165) is 35.6 Å². The lowest BCUT2D eigenvalue weighted by atomic mass is 10.1. The average Bonchev–Trinajstić information content (AvgIpc) is 2.68. The number of aromatic nitrogens is 2. The Bertz CT molecular complexity index is 994. The fourth-order valence-electron chi connectivity index (χ4n) is 3.34. The quantitative estimate of drug-likeness (QED) is 0.668. The molecular formula is C22H24N2O3. The van der Waals surface area contributed by atoms with Crippen LogP contribution in [0.3, 0.4) is 0 Å². The van der Waals surface area contributed by atoms with Gasteiger partial charge in [0, 0.05) is 12.2 Å². The Balaban J connectivity index is 1.93. The van der Waals surface area contributed by atoms with Gasteiger partial charge in [0.15, 0.2) is 11.5 Å². The second kappa shape index (κ2) is 8.08. The molecule has 0 radical (unpaired) electrons. The van der Waals surface area contributed by atoms with Gasteiger partial charge in [-0.2, -0.15) is 4.98 Å². The fourth-order valence-corrected chi connectivity index (χ4v) is 3.34. The predicted octanol–water partition coefficient (Wildman–Crippen LogP) is 3.79. The minimum Gasteiger partial charge on any atom is -0.493 e. The van der Waals surface area contributed by atoms with Gasteiger partial charge in [0.2, 0.25) is 0 Å². The van der Waals surface area contributed by atoms with Gasteiger partial charge < -0.3 is 14.0 Å². The van der Waals surface area contributed by atoms with Gasteiger partial charge in [-0.25, -0.2) is 0 Å². The van der Waals surface area contributed by atoms with Crippen LogP contribution in [-0.2, 0) is 13.0 Å². The Morgan fingerprint density at radius 3 is 2.33 bits per heavy atom. The van der Waals surface area contributed by atoms with Crippen molar-refractivity contribution >= 4 is 0 Å². The van der Waals surface area contributed by atoms with Crippen LogP contribution in [0.2, 0.25) is 0 Å². The summed E-state index contributed by atoms with van der Waals surface area (Å²) in [6.07, 6.45) is 0.792. The third kappa shape index (κ3) is 3.87. The van der Waals surface area contributed by atoms with E-state index in [9.17, 15) is 4.79 Å². The highest BCUT2D eigenvalue weighted by atomic mass is 16.5. The summed E-state index contributed by atoms with van der Waals surface area (Å²) in [6, 6.07) is 15.6. The Morgan fingerprint density at radius 1 is 0.963 bits per heavy atom. The Morgan fingerprint density at radius 2 is 1.67 bits per heavy atom. The summed E-state index contributed by atoms with van der Waals surface area (Å²) in [5.74, 6) is 2.15. The monoisotopic (exact) mass is 364 g/mol. The SMILES string of the molecule is COc1ccc(CCn2c(C)nc(=O)c(-c3ccccc3)c2C)cc1OC. The van der Waals surface area contributed by atoms with Crippen LogP contribution in [0.1, 0.15) is 17.1 Å². The third-order valence-electron chi connectivity index (χ3n) is 4.77. The maximum Gasteiger partial charge on any atom is 0.281 e. The molecule has 0 saturated carbocycles. The molecule has 0 unspecified atom stereocenters. The maximum atomic E-state index is 12.5. The van der Waals surface area contributed by atoms with E-state index in [1.54, 1.807) is 14.2 Å². The van der Waals surface area contributed by atoms with Gasteiger partial charge >= 0.3 is 0 Å². The zero-order valence-electron chi connectivity index (χ0n) is 16.2. The normalized spacial score (nSPS) is 10.7. The summed E-state index contributed by atoms with van der Waals surface area (Å²) in [4.78, 5) is 16.7. The van der Waals surface area contributed by atoms with Crippen molar-refractivity contribution in [3.63, 3.8) is 0 Å². The summed E-state index contributed by atoms with van der Waals surface area (Å²) in [7, 11) is 3.26. The minimum absolute atomic E-state index is 0.182. The van der Waals surface area contributed by atoms with E-state index in [1.807, 2.05) is 62.4 Å². The molecule has 0 bridgehead atoms. The highest BCUT2D eigenvalue weighted by Gasteiger charge is 2.14. The Hall–Kier alpha value is -3.08. The van der Waals surface area contributed by atoms with Crippen LogP contribution < -0.4 is 15.0 Å². The van der Waals surface area contributed by atoms with Crippen molar-refractivity contribution < 1.29 is 9.47 Å². The molecule has 0 fully saturated rings. The van der Waals surface area contributed by atoms with Crippen molar-refractivity contribution in [3.05, 3.63) is 76.0 Å². The molecule has 0 amide bonds. The molecule has 3 rings (SSSR count). The van der Waals surface area contributed by atoms with Gasteiger partial charge in [-0.05, 0) is 43.5 Å². The van der Waals surface area contributed by atoms with Gasteiger partial charge in [-0.15, -0.1) is 0 Å². The Labute approximate surface area is 159 Å². The number of aryl methyl sites for hydroxylation is 2. The van der Waals surface area contributed by atoms with Crippen LogP contribution in [0, 0.1) is 13.8 Å².